The van der Waals surface area contributed by atoms with Crippen LogP contribution in [0.25, 0.3) is 0 Å². The SMILES string of the molecule is O=C(O)[C@@H]1C[C@@H](O)CN1C(=O)NCCc1ncno1. The van der Waals surface area contributed by atoms with Crippen LogP contribution < -0.4 is 5.32 Å². The van der Waals surface area contributed by atoms with Crippen LogP contribution in [0.4, 0.5) is 4.79 Å². The summed E-state index contributed by atoms with van der Waals surface area (Å²) in [6.07, 6.45) is 0.864. The summed E-state index contributed by atoms with van der Waals surface area (Å²) < 4.78 is 4.76. The third-order valence-corrected chi connectivity index (χ3v) is 2.85. The molecule has 9 heteroatoms. The van der Waals surface area contributed by atoms with Gasteiger partial charge >= 0.3 is 12.0 Å². The van der Waals surface area contributed by atoms with E-state index in [9.17, 15) is 14.7 Å². The van der Waals surface area contributed by atoms with Crippen LogP contribution in [0.3, 0.4) is 0 Å². The zero-order valence-electron chi connectivity index (χ0n) is 10.0. The number of β-amino-alcohol motifs (C(OH)–C–C–N with tert-alkyl or cyclic N) is 1. The molecular weight excluding hydrogens is 256 g/mol. The number of hydrogen-bond donors (Lipinski definition) is 3. The molecule has 2 heterocycles. The maximum atomic E-state index is 11.8. The lowest BCUT2D eigenvalue weighted by Crippen LogP contribution is -2.46. The number of likely N-dealkylation sites (tertiary alicyclic amines) is 1. The molecule has 0 bridgehead atoms. The second-order valence-electron chi connectivity index (χ2n) is 4.21. The van der Waals surface area contributed by atoms with Crippen LogP contribution in [0.5, 0.6) is 0 Å². The van der Waals surface area contributed by atoms with Gasteiger partial charge in [-0.2, -0.15) is 4.98 Å². The van der Waals surface area contributed by atoms with Gasteiger partial charge in [0.05, 0.1) is 6.10 Å². The van der Waals surface area contributed by atoms with Crippen LogP contribution in [-0.4, -0.2) is 62.5 Å². The van der Waals surface area contributed by atoms with E-state index in [1.165, 1.54) is 6.33 Å². The van der Waals surface area contributed by atoms with Crippen LogP contribution >= 0.6 is 0 Å². The molecule has 0 unspecified atom stereocenters. The van der Waals surface area contributed by atoms with Gasteiger partial charge in [-0.25, -0.2) is 9.59 Å². The second kappa shape index (κ2) is 5.65. The highest BCUT2D eigenvalue weighted by molar-refractivity contribution is 5.83. The lowest BCUT2D eigenvalue weighted by atomic mass is 10.2. The molecule has 3 N–H and O–H groups in total. The summed E-state index contributed by atoms with van der Waals surface area (Å²) in [5.41, 5.74) is 0. The van der Waals surface area contributed by atoms with Crippen molar-refractivity contribution in [3.05, 3.63) is 12.2 Å². The summed E-state index contributed by atoms with van der Waals surface area (Å²) in [4.78, 5) is 27.7. The Balaban J connectivity index is 1.83. The molecule has 0 radical (unpaired) electrons. The Kier molecular flexibility index (Phi) is 3.95. The molecule has 0 spiro atoms. The first-order valence-electron chi connectivity index (χ1n) is 5.79. The van der Waals surface area contributed by atoms with E-state index in [0.717, 1.165) is 4.90 Å². The van der Waals surface area contributed by atoms with Gasteiger partial charge in [0.1, 0.15) is 6.04 Å². The molecule has 1 aromatic heterocycles. The Morgan fingerprint density at radius 3 is 3.00 bits per heavy atom. The number of nitrogens with zero attached hydrogens (tertiary/aromatic N) is 3. The topological polar surface area (TPSA) is 129 Å². The lowest BCUT2D eigenvalue weighted by Gasteiger charge is -2.21. The molecule has 1 aliphatic rings. The molecule has 1 aliphatic heterocycles. The van der Waals surface area contributed by atoms with Crippen molar-refractivity contribution in [2.45, 2.75) is 25.0 Å². The molecule has 2 rings (SSSR count). The average Bonchev–Trinajstić information content (AvgIpc) is 2.98. The van der Waals surface area contributed by atoms with E-state index >= 15 is 0 Å². The third-order valence-electron chi connectivity index (χ3n) is 2.85. The number of nitrogens with one attached hydrogen (secondary N) is 1. The standard InChI is InChI=1S/C10H14N4O5/c15-6-3-7(9(16)17)14(4-6)10(18)11-2-1-8-12-5-13-19-8/h5-7,15H,1-4H2,(H,11,18)(H,16,17)/t6-,7+/m1/s1. The van der Waals surface area contributed by atoms with Gasteiger partial charge in [-0.05, 0) is 0 Å². The van der Waals surface area contributed by atoms with E-state index < -0.39 is 24.1 Å². The molecule has 1 fully saturated rings. The number of aromatic nitrogens is 2. The Bertz CT molecular complexity index is 449. The predicted molar refractivity (Wildman–Crippen MR) is 60.2 cm³/mol. The Morgan fingerprint density at radius 2 is 2.37 bits per heavy atom. The van der Waals surface area contributed by atoms with Crippen LogP contribution in [-0.2, 0) is 11.2 Å². The van der Waals surface area contributed by atoms with Crippen molar-refractivity contribution in [3.8, 4) is 0 Å². The van der Waals surface area contributed by atoms with E-state index in [1.54, 1.807) is 0 Å². The summed E-state index contributed by atoms with van der Waals surface area (Å²) >= 11 is 0. The molecule has 0 saturated carbocycles. The van der Waals surface area contributed by atoms with Crippen molar-refractivity contribution in [1.29, 1.82) is 0 Å². The van der Waals surface area contributed by atoms with Gasteiger partial charge in [-0.3, -0.25) is 0 Å². The minimum atomic E-state index is -1.12. The number of amides is 2. The van der Waals surface area contributed by atoms with Crippen LogP contribution in [0.1, 0.15) is 12.3 Å². The first kappa shape index (κ1) is 13.3. The number of aliphatic carboxylic acids is 1. The highest BCUT2D eigenvalue weighted by Gasteiger charge is 2.38. The van der Waals surface area contributed by atoms with Gasteiger partial charge < -0.3 is 25.0 Å². The first-order chi connectivity index (χ1) is 9.08. The van der Waals surface area contributed by atoms with Gasteiger partial charge in [0.2, 0.25) is 5.89 Å². The fourth-order valence-electron chi connectivity index (χ4n) is 1.96. The third kappa shape index (κ3) is 3.19. The van der Waals surface area contributed by atoms with E-state index in [-0.39, 0.29) is 19.5 Å². The van der Waals surface area contributed by atoms with Crippen LogP contribution in [0.2, 0.25) is 0 Å². The van der Waals surface area contributed by atoms with Gasteiger partial charge in [-0.1, -0.05) is 5.16 Å². The minimum absolute atomic E-state index is 0.0172. The first-order valence-corrected chi connectivity index (χ1v) is 5.79. The number of carboxylic acids is 1. The smallest absolute Gasteiger partial charge is 0.326 e. The summed E-state index contributed by atoms with van der Waals surface area (Å²) in [5, 5.41) is 24.4. The molecule has 1 aromatic rings. The largest absolute Gasteiger partial charge is 0.480 e. The molecule has 19 heavy (non-hydrogen) atoms. The summed E-state index contributed by atoms with van der Waals surface area (Å²) in [5.74, 6) is -0.736. The molecular formula is C10H14N4O5. The number of rotatable bonds is 4. The van der Waals surface area contributed by atoms with Gasteiger partial charge in [0.15, 0.2) is 6.33 Å². The quantitative estimate of drug-likeness (QED) is 0.629. The maximum absolute atomic E-state index is 11.8. The maximum Gasteiger partial charge on any atom is 0.326 e. The number of aliphatic hydroxyl groups is 1. The summed E-state index contributed by atoms with van der Waals surface area (Å²) in [6, 6.07) is -1.51. The zero-order valence-corrected chi connectivity index (χ0v) is 10.0. The lowest BCUT2D eigenvalue weighted by molar-refractivity contribution is -0.141. The summed E-state index contributed by atoms with van der Waals surface area (Å²) in [6.45, 7) is 0.267. The molecule has 0 aliphatic carbocycles. The number of carboxylic acid groups (broad SMARTS) is 1. The molecule has 104 valence electrons. The van der Waals surface area contributed by atoms with Gasteiger partial charge in [-0.15, -0.1) is 0 Å². The van der Waals surface area contributed by atoms with Crippen LogP contribution in [0, 0.1) is 0 Å². The fraction of sp³-hybridized carbons (Fsp3) is 0.600. The number of urea groups is 1. The van der Waals surface area contributed by atoms with Crippen molar-refractivity contribution < 1.29 is 24.3 Å². The summed E-state index contributed by atoms with van der Waals surface area (Å²) in [7, 11) is 0. The van der Waals surface area contributed by atoms with Crippen molar-refractivity contribution in [1.82, 2.24) is 20.4 Å². The molecule has 0 aromatic carbocycles. The van der Waals surface area contributed by atoms with Crippen molar-refractivity contribution in [2.75, 3.05) is 13.1 Å². The number of carbonyl (C=O) groups is 2. The van der Waals surface area contributed by atoms with E-state index in [4.69, 9.17) is 9.63 Å². The highest BCUT2D eigenvalue weighted by atomic mass is 16.5. The Labute approximate surface area is 108 Å². The van der Waals surface area contributed by atoms with Crippen molar-refractivity contribution >= 4 is 12.0 Å². The van der Waals surface area contributed by atoms with Crippen molar-refractivity contribution in [3.63, 3.8) is 0 Å². The van der Waals surface area contributed by atoms with Gasteiger partial charge in [0.25, 0.3) is 0 Å². The molecule has 2 amide bonds. The Morgan fingerprint density at radius 1 is 1.58 bits per heavy atom. The molecule has 2 atom stereocenters. The number of hydrogen-bond acceptors (Lipinski definition) is 6. The average molecular weight is 270 g/mol. The highest BCUT2D eigenvalue weighted by Crippen LogP contribution is 2.17. The van der Waals surface area contributed by atoms with Crippen molar-refractivity contribution in [2.24, 2.45) is 0 Å². The molecule has 9 nitrogen and oxygen atoms in total. The normalized spacial score (nSPS) is 22.5. The van der Waals surface area contributed by atoms with Gasteiger partial charge in [0, 0.05) is 25.9 Å². The Hall–Kier alpha value is -2.16. The van der Waals surface area contributed by atoms with E-state index in [0.29, 0.717) is 12.3 Å². The second-order valence-corrected chi connectivity index (χ2v) is 4.21. The fourth-order valence-corrected chi connectivity index (χ4v) is 1.96. The monoisotopic (exact) mass is 270 g/mol. The van der Waals surface area contributed by atoms with E-state index in [2.05, 4.69) is 15.5 Å². The number of aliphatic hydroxyl groups excluding tert-OH is 1. The predicted octanol–water partition coefficient (Wildman–Crippen LogP) is -1.16. The van der Waals surface area contributed by atoms with E-state index in [1.807, 2.05) is 0 Å². The zero-order chi connectivity index (χ0) is 13.8. The number of carbonyl (C=O) groups excluding carboxylic acids is 1. The molecule has 1 saturated heterocycles. The minimum Gasteiger partial charge on any atom is -0.480 e. The van der Waals surface area contributed by atoms with Crippen LogP contribution in [0.15, 0.2) is 10.9 Å².